The molecule has 6 rings (SSSR count). The zero-order valence-electron chi connectivity index (χ0n) is 13.4. The van der Waals surface area contributed by atoms with Gasteiger partial charge in [-0.15, -0.1) is 0 Å². The molecule has 2 bridgehead atoms. The fourth-order valence-electron chi connectivity index (χ4n) is 5.05. The lowest BCUT2D eigenvalue weighted by Crippen LogP contribution is -2.40. The maximum absolute atomic E-state index is 12.8. The summed E-state index contributed by atoms with van der Waals surface area (Å²) in [5, 5.41) is 2.77. The summed E-state index contributed by atoms with van der Waals surface area (Å²) in [5.74, 6) is 0.431. The predicted molar refractivity (Wildman–Crippen MR) is 99.2 cm³/mol. The highest BCUT2D eigenvalue weighted by Crippen LogP contribution is 2.65. The van der Waals surface area contributed by atoms with Crippen molar-refractivity contribution in [3.63, 3.8) is 0 Å². The molecule has 2 saturated carbocycles. The minimum atomic E-state index is -0.327. The van der Waals surface area contributed by atoms with Gasteiger partial charge >= 0.3 is 0 Å². The van der Waals surface area contributed by atoms with Crippen LogP contribution in [0.1, 0.15) is 6.42 Å². The lowest BCUT2D eigenvalue weighted by Gasteiger charge is -2.37. The maximum atomic E-state index is 12.8. The number of hydrogen-bond donors (Lipinski definition) is 1. The van der Waals surface area contributed by atoms with Gasteiger partial charge in [0.1, 0.15) is 6.54 Å². The van der Waals surface area contributed by atoms with E-state index in [0.717, 1.165) is 9.99 Å². The van der Waals surface area contributed by atoms with Gasteiger partial charge in [-0.3, -0.25) is 19.3 Å². The van der Waals surface area contributed by atoms with Crippen molar-refractivity contribution in [3.05, 3.63) is 40.0 Å². The van der Waals surface area contributed by atoms with Gasteiger partial charge in [0.05, 0.1) is 11.8 Å². The number of imide groups is 1. The Labute approximate surface area is 159 Å². The molecule has 6 atom stereocenters. The standard InChI is InChI=1S/C19H17IN2O3/c20-9-1-3-10(4-2-9)21-15(23)8-22-18(24)16-11-5-6-12(14-7-13(11)14)17(16)19(22)25/h1-6,11-14,16-17H,7-8H2,(H,21,23)/t11-,12-,13-,14-,16-,17+/m1/s1. The van der Waals surface area contributed by atoms with Crippen LogP contribution in [0.3, 0.4) is 0 Å². The first kappa shape index (κ1) is 15.5. The summed E-state index contributed by atoms with van der Waals surface area (Å²) in [6, 6.07) is 7.41. The van der Waals surface area contributed by atoms with Crippen molar-refractivity contribution >= 4 is 46.0 Å². The van der Waals surface area contributed by atoms with Crippen molar-refractivity contribution in [1.82, 2.24) is 4.90 Å². The quantitative estimate of drug-likeness (QED) is 0.439. The highest BCUT2D eigenvalue weighted by atomic mass is 127. The molecule has 6 heteroatoms. The molecule has 5 aliphatic rings. The molecule has 1 aromatic rings. The van der Waals surface area contributed by atoms with E-state index in [-0.39, 0.29) is 47.9 Å². The summed E-state index contributed by atoms with van der Waals surface area (Å²) in [4.78, 5) is 39.2. The van der Waals surface area contributed by atoms with Gasteiger partial charge in [0, 0.05) is 9.26 Å². The van der Waals surface area contributed by atoms with Gasteiger partial charge in [0.25, 0.3) is 0 Å². The minimum Gasteiger partial charge on any atom is -0.325 e. The van der Waals surface area contributed by atoms with Crippen LogP contribution in [-0.4, -0.2) is 29.2 Å². The fraction of sp³-hybridized carbons (Fsp3) is 0.421. The Balaban J connectivity index is 1.32. The molecule has 128 valence electrons. The minimum absolute atomic E-state index is 0.155. The third kappa shape index (κ3) is 2.29. The predicted octanol–water partition coefficient (Wildman–Crippen LogP) is 2.28. The molecule has 1 saturated heterocycles. The lowest BCUT2D eigenvalue weighted by molar-refractivity contribution is -0.142. The number of hydrogen-bond acceptors (Lipinski definition) is 3. The number of benzene rings is 1. The summed E-state index contributed by atoms with van der Waals surface area (Å²) in [5.41, 5.74) is 0.671. The lowest BCUT2D eigenvalue weighted by atomic mass is 9.63. The van der Waals surface area contributed by atoms with Crippen molar-refractivity contribution in [3.8, 4) is 0 Å². The second-order valence-electron chi connectivity index (χ2n) is 7.47. The second-order valence-corrected chi connectivity index (χ2v) is 8.72. The second kappa shape index (κ2) is 5.40. The number of halogens is 1. The molecule has 1 aliphatic heterocycles. The van der Waals surface area contributed by atoms with E-state index in [9.17, 15) is 14.4 Å². The number of allylic oxidation sites excluding steroid dienone is 2. The number of carbonyl (C=O) groups excluding carboxylic acids is 3. The number of carbonyl (C=O) groups is 3. The zero-order valence-corrected chi connectivity index (χ0v) is 15.5. The van der Waals surface area contributed by atoms with E-state index in [0.29, 0.717) is 17.5 Å². The van der Waals surface area contributed by atoms with Crippen LogP contribution < -0.4 is 5.32 Å². The van der Waals surface area contributed by atoms with E-state index in [1.54, 1.807) is 0 Å². The molecule has 1 aromatic carbocycles. The molecule has 0 radical (unpaired) electrons. The molecule has 5 nitrogen and oxygen atoms in total. The van der Waals surface area contributed by atoms with Crippen LogP contribution in [0.15, 0.2) is 36.4 Å². The zero-order chi connectivity index (χ0) is 17.3. The third-order valence-electron chi connectivity index (χ3n) is 6.18. The Morgan fingerprint density at radius 2 is 1.60 bits per heavy atom. The average molecular weight is 448 g/mol. The highest BCUT2D eigenvalue weighted by molar-refractivity contribution is 14.1. The molecule has 3 fully saturated rings. The molecule has 0 unspecified atom stereocenters. The first-order chi connectivity index (χ1) is 12.0. The van der Waals surface area contributed by atoms with Crippen LogP contribution in [0, 0.1) is 39.1 Å². The Kier molecular flexibility index (Phi) is 3.36. The summed E-state index contributed by atoms with van der Waals surface area (Å²) in [6.45, 7) is -0.189. The van der Waals surface area contributed by atoms with Gasteiger partial charge in [-0.2, -0.15) is 0 Å². The maximum Gasteiger partial charge on any atom is 0.244 e. The first-order valence-electron chi connectivity index (χ1n) is 8.63. The van der Waals surface area contributed by atoms with E-state index < -0.39 is 0 Å². The van der Waals surface area contributed by atoms with Crippen LogP contribution in [-0.2, 0) is 14.4 Å². The molecule has 3 amide bonds. The van der Waals surface area contributed by atoms with Crippen LogP contribution in [0.25, 0.3) is 0 Å². The molecular formula is C19H17IN2O3. The van der Waals surface area contributed by atoms with Gasteiger partial charge < -0.3 is 5.32 Å². The summed E-state index contributed by atoms with van der Waals surface area (Å²) in [6.07, 6.45) is 5.42. The van der Waals surface area contributed by atoms with Crippen molar-refractivity contribution in [1.29, 1.82) is 0 Å². The first-order valence-corrected chi connectivity index (χ1v) is 9.71. The Morgan fingerprint density at radius 1 is 1.04 bits per heavy atom. The van der Waals surface area contributed by atoms with E-state index in [4.69, 9.17) is 0 Å². The monoisotopic (exact) mass is 448 g/mol. The molecule has 25 heavy (non-hydrogen) atoms. The van der Waals surface area contributed by atoms with Crippen LogP contribution >= 0.6 is 22.6 Å². The van der Waals surface area contributed by atoms with Crippen LogP contribution in [0.4, 0.5) is 5.69 Å². The summed E-state index contributed by atoms with van der Waals surface area (Å²) >= 11 is 2.19. The number of likely N-dealkylation sites (tertiary alicyclic amines) is 1. The largest absolute Gasteiger partial charge is 0.325 e. The van der Waals surface area contributed by atoms with E-state index in [1.165, 1.54) is 4.90 Å². The average Bonchev–Trinajstić information content (AvgIpc) is 3.38. The number of rotatable bonds is 3. The van der Waals surface area contributed by atoms with Crippen molar-refractivity contribution < 1.29 is 14.4 Å². The molecule has 1 N–H and O–H groups in total. The van der Waals surface area contributed by atoms with Crippen LogP contribution in [0.2, 0.25) is 0 Å². The van der Waals surface area contributed by atoms with E-state index >= 15 is 0 Å². The molecule has 1 heterocycles. The summed E-state index contributed by atoms with van der Waals surface area (Å²) in [7, 11) is 0. The van der Waals surface area contributed by atoms with Crippen molar-refractivity contribution in [2.45, 2.75) is 6.42 Å². The SMILES string of the molecule is O=C(CN1C(=O)[C@@H]2[C@@H]3C=C[C@H]([C@H]4C[C@H]34)[C@@H]2C1=O)Nc1ccc(I)cc1. The van der Waals surface area contributed by atoms with Gasteiger partial charge in [-0.1, -0.05) is 12.2 Å². The van der Waals surface area contributed by atoms with E-state index in [2.05, 4.69) is 40.1 Å². The topological polar surface area (TPSA) is 66.5 Å². The highest BCUT2D eigenvalue weighted by Gasteiger charge is 2.67. The smallest absolute Gasteiger partial charge is 0.244 e. The Bertz CT molecular complexity index is 782. The van der Waals surface area contributed by atoms with Crippen LogP contribution in [0.5, 0.6) is 0 Å². The molecule has 0 spiro atoms. The molecular weight excluding hydrogens is 431 g/mol. The number of anilines is 1. The Hall–Kier alpha value is -1.70. The number of nitrogens with one attached hydrogen (secondary N) is 1. The molecule has 0 aromatic heterocycles. The van der Waals surface area contributed by atoms with Crippen molar-refractivity contribution in [2.24, 2.45) is 35.5 Å². The Morgan fingerprint density at radius 3 is 2.16 bits per heavy atom. The van der Waals surface area contributed by atoms with E-state index in [1.807, 2.05) is 24.3 Å². The van der Waals surface area contributed by atoms with Gasteiger partial charge in [0.15, 0.2) is 0 Å². The third-order valence-corrected chi connectivity index (χ3v) is 6.90. The van der Waals surface area contributed by atoms with Crippen molar-refractivity contribution in [2.75, 3.05) is 11.9 Å². The fourth-order valence-corrected chi connectivity index (χ4v) is 5.41. The summed E-state index contributed by atoms with van der Waals surface area (Å²) < 4.78 is 1.08. The van der Waals surface area contributed by atoms with Gasteiger partial charge in [0.2, 0.25) is 17.7 Å². The number of nitrogens with zero attached hydrogens (tertiary/aromatic N) is 1. The molecule has 4 aliphatic carbocycles. The number of amides is 3. The van der Waals surface area contributed by atoms with Gasteiger partial charge in [-0.05, 0) is 76.9 Å². The van der Waals surface area contributed by atoms with Gasteiger partial charge in [-0.25, -0.2) is 0 Å². The normalized spacial score (nSPS) is 37.1.